The molecular formula is C8H15BrF3NO. The van der Waals surface area contributed by atoms with Crippen molar-refractivity contribution in [2.75, 3.05) is 19.7 Å². The first-order chi connectivity index (χ1) is 6.29. The van der Waals surface area contributed by atoms with Gasteiger partial charge in [0.2, 0.25) is 0 Å². The van der Waals surface area contributed by atoms with E-state index in [1.165, 1.54) is 0 Å². The molecule has 6 heteroatoms. The van der Waals surface area contributed by atoms with E-state index in [0.717, 1.165) is 0 Å². The molecule has 0 spiro atoms. The fourth-order valence-electron chi connectivity index (χ4n) is 0.998. The molecule has 86 valence electrons. The van der Waals surface area contributed by atoms with Gasteiger partial charge in [-0.3, -0.25) is 4.90 Å². The average molecular weight is 278 g/mol. The van der Waals surface area contributed by atoms with Crippen molar-refractivity contribution in [3.63, 3.8) is 0 Å². The van der Waals surface area contributed by atoms with Crippen molar-refractivity contribution in [1.82, 2.24) is 4.90 Å². The van der Waals surface area contributed by atoms with Gasteiger partial charge in [-0.2, -0.15) is 13.2 Å². The molecule has 0 radical (unpaired) electrons. The fourth-order valence-corrected chi connectivity index (χ4v) is 1.37. The molecule has 1 N–H and O–H groups in total. The van der Waals surface area contributed by atoms with E-state index >= 15 is 0 Å². The van der Waals surface area contributed by atoms with Crippen LogP contribution in [-0.4, -0.2) is 46.7 Å². The molecule has 0 saturated carbocycles. The summed E-state index contributed by atoms with van der Waals surface area (Å²) in [5, 5.41) is 8.66. The third kappa shape index (κ3) is 5.17. The van der Waals surface area contributed by atoms with Crippen LogP contribution in [0.25, 0.3) is 0 Å². The molecule has 0 saturated heterocycles. The zero-order valence-corrected chi connectivity index (χ0v) is 9.77. The van der Waals surface area contributed by atoms with Crippen LogP contribution in [0.4, 0.5) is 13.2 Å². The molecule has 0 aromatic rings. The summed E-state index contributed by atoms with van der Waals surface area (Å²) < 4.78 is 36.5. The van der Waals surface area contributed by atoms with Crippen LogP contribution in [0, 0.1) is 0 Å². The Morgan fingerprint density at radius 2 is 1.86 bits per heavy atom. The Hall–Kier alpha value is 0.190. The minimum absolute atomic E-state index is 0.00968. The van der Waals surface area contributed by atoms with Gasteiger partial charge in [-0.1, -0.05) is 15.9 Å². The summed E-state index contributed by atoms with van der Waals surface area (Å²) in [6.07, 6.45) is -4.23. The summed E-state index contributed by atoms with van der Waals surface area (Å²) in [7, 11) is 0. The van der Waals surface area contributed by atoms with E-state index in [4.69, 9.17) is 5.11 Å². The Kier molecular flexibility index (Phi) is 6.00. The molecule has 0 aromatic carbocycles. The molecule has 0 aliphatic carbocycles. The smallest absolute Gasteiger partial charge is 0.395 e. The van der Waals surface area contributed by atoms with E-state index in [1.807, 2.05) is 0 Å². The Labute approximate surface area is 90.2 Å². The van der Waals surface area contributed by atoms with Crippen molar-refractivity contribution < 1.29 is 18.3 Å². The van der Waals surface area contributed by atoms with Crippen molar-refractivity contribution in [3.05, 3.63) is 0 Å². The van der Waals surface area contributed by atoms with Crippen LogP contribution in [0.5, 0.6) is 0 Å². The molecule has 0 fully saturated rings. The lowest BCUT2D eigenvalue weighted by Gasteiger charge is -2.28. The van der Waals surface area contributed by atoms with Gasteiger partial charge in [-0.25, -0.2) is 0 Å². The lowest BCUT2D eigenvalue weighted by atomic mass is 10.3. The standard InChI is InChI=1S/C8H15BrF3NO/c1-6(2)13(3-4-14)5-7(9)8(10,11)12/h6-7,14H,3-5H2,1-2H3. The van der Waals surface area contributed by atoms with Crippen LogP contribution in [-0.2, 0) is 0 Å². The number of aliphatic hydroxyl groups excluding tert-OH is 1. The normalized spacial score (nSPS) is 15.2. The molecular weight excluding hydrogens is 263 g/mol. The number of aliphatic hydroxyl groups is 1. The largest absolute Gasteiger partial charge is 0.402 e. The molecule has 0 amide bonds. The first-order valence-electron chi connectivity index (χ1n) is 4.34. The lowest BCUT2D eigenvalue weighted by Crippen LogP contribution is -2.42. The second kappa shape index (κ2) is 5.92. The van der Waals surface area contributed by atoms with E-state index in [-0.39, 0.29) is 25.7 Å². The molecule has 0 heterocycles. The Balaban J connectivity index is 4.16. The number of hydrogen-bond acceptors (Lipinski definition) is 2. The van der Waals surface area contributed by atoms with Gasteiger partial charge in [0.05, 0.1) is 6.61 Å². The van der Waals surface area contributed by atoms with Crippen molar-refractivity contribution in [2.45, 2.75) is 30.9 Å². The van der Waals surface area contributed by atoms with Gasteiger partial charge in [0, 0.05) is 19.1 Å². The molecule has 14 heavy (non-hydrogen) atoms. The molecule has 0 aromatic heterocycles. The van der Waals surface area contributed by atoms with Crippen LogP contribution in [0.2, 0.25) is 0 Å². The Bertz CT molecular complexity index is 163. The summed E-state index contributed by atoms with van der Waals surface area (Å²) >= 11 is 2.59. The number of hydrogen-bond donors (Lipinski definition) is 1. The van der Waals surface area contributed by atoms with E-state index in [2.05, 4.69) is 15.9 Å². The molecule has 0 bridgehead atoms. The quantitative estimate of drug-likeness (QED) is 0.778. The summed E-state index contributed by atoms with van der Waals surface area (Å²) in [4.78, 5) is 0.0383. The third-order valence-corrected chi connectivity index (χ3v) is 2.68. The third-order valence-electron chi connectivity index (χ3n) is 1.87. The SMILES string of the molecule is CC(C)N(CCO)CC(Br)C(F)(F)F. The lowest BCUT2D eigenvalue weighted by molar-refractivity contribution is -0.131. The molecule has 1 unspecified atom stereocenters. The van der Waals surface area contributed by atoms with E-state index in [9.17, 15) is 13.2 Å². The average Bonchev–Trinajstić information content (AvgIpc) is 2.01. The van der Waals surface area contributed by atoms with Crippen LogP contribution >= 0.6 is 15.9 Å². The number of halogens is 4. The zero-order chi connectivity index (χ0) is 11.4. The van der Waals surface area contributed by atoms with E-state index < -0.39 is 11.0 Å². The van der Waals surface area contributed by atoms with Gasteiger partial charge < -0.3 is 5.11 Å². The second-order valence-corrected chi connectivity index (χ2v) is 4.43. The predicted octanol–water partition coefficient (Wildman–Crippen LogP) is 2.01. The zero-order valence-electron chi connectivity index (χ0n) is 8.18. The van der Waals surface area contributed by atoms with Crippen LogP contribution in [0.15, 0.2) is 0 Å². The molecule has 0 rings (SSSR count). The van der Waals surface area contributed by atoms with Crippen LogP contribution in [0.1, 0.15) is 13.8 Å². The minimum atomic E-state index is -4.23. The maximum atomic E-state index is 12.2. The summed E-state index contributed by atoms with van der Waals surface area (Å²) in [5.41, 5.74) is 0. The number of nitrogens with zero attached hydrogens (tertiary/aromatic N) is 1. The molecule has 1 atom stereocenters. The van der Waals surface area contributed by atoms with Crippen molar-refractivity contribution in [3.8, 4) is 0 Å². The highest BCUT2D eigenvalue weighted by molar-refractivity contribution is 9.09. The minimum Gasteiger partial charge on any atom is -0.395 e. The van der Waals surface area contributed by atoms with Gasteiger partial charge in [0.25, 0.3) is 0 Å². The van der Waals surface area contributed by atoms with Gasteiger partial charge >= 0.3 is 6.18 Å². The second-order valence-electron chi connectivity index (χ2n) is 3.32. The summed E-state index contributed by atoms with van der Waals surface area (Å²) in [5.74, 6) is 0. The summed E-state index contributed by atoms with van der Waals surface area (Å²) in [6, 6.07) is -0.00968. The number of rotatable bonds is 5. The Morgan fingerprint density at radius 3 is 2.14 bits per heavy atom. The highest BCUT2D eigenvalue weighted by atomic mass is 79.9. The Morgan fingerprint density at radius 1 is 1.36 bits per heavy atom. The van der Waals surface area contributed by atoms with Crippen LogP contribution in [0.3, 0.4) is 0 Å². The van der Waals surface area contributed by atoms with Crippen molar-refractivity contribution >= 4 is 15.9 Å². The predicted molar refractivity (Wildman–Crippen MR) is 52.6 cm³/mol. The topological polar surface area (TPSA) is 23.5 Å². The van der Waals surface area contributed by atoms with Gasteiger partial charge in [-0.15, -0.1) is 0 Å². The fraction of sp³-hybridized carbons (Fsp3) is 1.00. The van der Waals surface area contributed by atoms with E-state index in [1.54, 1.807) is 18.7 Å². The van der Waals surface area contributed by atoms with Crippen molar-refractivity contribution in [1.29, 1.82) is 0 Å². The highest BCUT2D eigenvalue weighted by Gasteiger charge is 2.38. The van der Waals surface area contributed by atoms with E-state index in [0.29, 0.717) is 0 Å². The van der Waals surface area contributed by atoms with Gasteiger partial charge in [0.1, 0.15) is 4.83 Å². The maximum Gasteiger partial charge on any atom is 0.402 e. The first kappa shape index (κ1) is 14.2. The first-order valence-corrected chi connectivity index (χ1v) is 5.26. The van der Waals surface area contributed by atoms with Crippen molar-refractivity contribution in [2.24, 2.45) is 0 Å². The van der Waals surface area contributed by atoms with Crippen LogP contribution < -0.4 is 0 Å². The molecule has 2 nitrogen and oxygen atoms in total. The monoisotopic (exact) mass is 277 g/mol. The maximum absolute atomic E-state index is 12.2. The summed E-state index contributed by atoms with van der Waals surface area (Å²) in [6.45, 7) is 3.59. The number of alkyl halides is 4. The highest BCUT2D eigenvalue weighted by Crippen LogP contribution is 2.27. The van der Waals surface area contributed by atoms with Gasteiger partial charge in [-0.05, 0) is 13.8 Å². The molecule has 0 aliphatic rings. The van der Waals surface area contributed by atoms with Gasteiger partial charge in [0.15, 0.2) is 0 Å². The molecule has 0 aliphatic heterocycles.